The Labute approximate surface area is 55.2 Å². The minimum atomic E-state index is 0.216. The predicted octanol–water partition coefficient (Wildman–Crippen LogP) is 0.00450. The van der Waals surface area contributed by atoms with Gasteiger partial charge in [0.25, 0.3) is 0 Å². The molecule has 3 nitrogen and oxygen atoms in total. The van der Waals surface area contributed by atoms with Crippen LogP contribution in [0.1, 0.15) is 12.8 Å². The van der Waals surface area contributed by atoms with Crippen LogP contribution in [-0.4, -0.2) is 36.5 Å². The maximum atomic E-state index is 8.75. The molecular weight excluding hydrogens is 118 g/mol. The van der Waals surface area contributed by atoms with Gasteiger partial charge < -0.3 is 9.94 Å². The van der Waals surface area contributed by atoms with E-state index in [1.807, 2.05) is 5.06 Å². The zero-order chi connectivity index (χ0) is 6.69. The van der Waals surface area contributed by atoms with E-state index in [0.717, 1.165) is 19.4 Å². The summed E-state index contributed by atoms with van der Waals surface area (Å²) >= 11 is 0. The summed E-state index contributed by atoms with van der Waals surface area (Å²) in [5.41, 5.74) is 0. The normalized spacial score (nSPS) is 29.3. The first kappa shape index (κ1) is 6.99. The van der Waals surface area contributed by atoms with Crippen molar-refractivity contribution in [3.63, 3.8) is 0 Å². The van der Waals surface area contributed by atoms with E-state index in [0.29, 0.717) is 0 Å². The average molecular weight is 131 g/mol. The number of hydroxylamine groups is 2. The van der Waals surface area contributed by atoms with Crippen molar-refractivity contribution in [3.05, 3.63) is 0 Å². The maximum Gasteiger partial charge on any atom is 0.0610 e. The van der Waals surface area contributed by atoms with Crippen LogP contribution in [0.2, 0.25) is 0 Å². The number of hydrogen-bond acceptors (Lipinski definition) is 3. The summed E-state index contributed by atoms with van der Waals surface area (Å²) in [7, 11) is 1.65. The molecule has 0 aromatic heterocycles. The Kier molecular flexibility index (Phi) is 2.45. The summed E-state index contributed by atoms with van der Waals surface area (Å²) in [6.07, 6.45) is 2.20. The highest BCUT2D eigenvalue weighted by Crippen LogP contribution is 2.15. The van der Waals surface area contributed by atoms with Gasteiger partial charge in [0.05, 0.1) is 19.8 Å². The van der Waals surface area contributed by atoms with Crippen molar-refractivity contribution in [3.8, 4) is 0 Å². The third kappa shape index (κ3) is 1.41. The van der Waals surface area contributed by atoms with Crippen molar-refractivity contribution in [1.29, 1.82) is 0 Å². The predicted molar refractivity (Wildman–Crippen MR) is 33.8 cm³/mol. The van der Waals surface area contributed by atoms with E-state index in [2.05, 4.69) is 0 Å². The van der Waals surface area contributed by atoms with E-state index >= 15 is 0 Å². The molecule has 1 heterocycles. The lowest BCUT2D eigenvalue weighted by Gasteiger charge is -2.18. The number of aliphatic hydroxyl groups is 1. The van der Waals surface area contributed by atoms with Crippen LogP contribution in [0.25, 0.3) is 0 Å². The van der Waals surface area contributed by atoms with Crippen molar-refractivity contribution in [2.45, 2.75) is 18.9 Å². The summed E-state index contributed by atoms with van der Waals surface area (Å²) in [5, 5.41) is 10.6. The second kappa shape index (κ2) is 3.15. The minimum absolute atomic E-state index is 0.216. The van der Waals surface area contributed by atoms with E-state index in [1.165, 1.54) is 0 Å². The highest BCUT2D eigenvalue weighted by molar-refractivity contribution is 4.71. The van der Waals surface area contributed by atoms with Gasteiger partial charge in [-0.1, -0.05) is 0 Å². The van der Waals surface area contributed by atoms with Crippen LogP contribution in [0.5, 0.6) is 0 Å². The van der Waals surface area contributed by atoms with Gasteiger partial charge in [-0.3, -0.25) is 0 Å². The van der Waals surface area contributed by atoms with Crippen LogP contribution in [0.3, 0.4) is 0 Å². The van der Waals surface area contributed by atoms with Crippen molar-refractivity contribution in [2.75, 3.05) is 20.3 Å². The van der Waals surface area contributed by atoms with Crippen LogP contribution in [-0.2, 0) is 4.84 Å². The molecule has 0 saturated carbocycles. The molecule has 0 aromatic carbocycles. The fourth-order valence-electron chi connectivity index (χ4n) is 1.23. The van der Waals surface area contributed by atoms with Gasteiger partial charge >= 0.3 is 0 Å². The molecule has 0 bridgehead atoms. The van der Waals surface area contributed by atoms with Crippen molar-refractivity contribution in [1.82, 2.24) is 5.06 Å². The van der Waals surface area contributed by atoms with Crippen LogP contribution < -0.4 is 0 Å². The molecule has 0 amide bonds. The van der Waals surface area contributed by atoms with Gasteiger partial charge in [-0.05, 0) is 12.8 Å². The second-order valence-corrected chi connectivity index (χ2v) is 2.30. The molecule has 0 aliphatic carbocycles. The molecule has 0 aromatic rings. The van der Waals surface area contributed by atoms with Crippen molar-refractivity contribution in [2.24, 2.45) is 0 Å². The summed E-state index contributed by atoms with van der Waals surface area (Å²) in [6.45, 7) is 1.18. The lowest BCUT2D eigenvalue weighted by molar-refractivity contribution is -0.149. The van der Waals surface area contributed by atoms with Crippen molar-refractivity contribution >= 4 is 0 Å². The van der Waals surface area contributed by atoms with E-state index < -0.39 is 0 Å². The Morgan fingerprint density at radius 2 is 2.56 bits per heavy atom. The lowest BCUT2D eigenvalue weighted by Crippen LogP contribution is -2.30. The highest BCUT2D eigenvalue weighted by Gasteiger charge is 2.22. The van der Waals surface area contributed by atoms with Gasteiger partial charge in [-0.25, -0.2) is 0 Å². The Bertz CT molecular complexity index is 77.1. The standard InChI is InChI=1S/C6H13NO2/c1-9-7-4-2-3-6(7)5-8/h6,8H,2-5H2,1H3. The van der Waals surface area contributed by atoms with Gasteiger partial charge in [-0.15, -0.1) is 0 Å². The summed E-state index contributed by atoms with van der Waals surface area (Å²) in [4.78, 5) is 4.99. The molecule has 54 valence electrons. The Morgan fingerprint density at radius 3 is 3.00 bits per heavy atom. The first-order valence-electron chi connectivity index (χ1n) is 3.30. The van der Waals surface area contributed by atoms with E-state index in [9.17, 15) is 0 Å². The molecule has 1 unspecified atom stereocenters. The molecule has 1 aliphatic heterocycles. The molecule has 0 spiro atoms. The fourth-order valence-corrected chi connectivity index (χ4v) is 1.23. The Balaban J connectivity index is 2.32. The summed E-state index contributed by atoms with van der Waals surface area (Å²) < 4.78 is 0. The molecular formula is C6H13NO2. The molecule has 0 radical (unpaired) electrons. The van der Waals surface area contributed by atoms with E-state index in [-0.39, 0.29) is 12.6 Å². The quantitative estimate of drug-likeness (QED) is 0.572. The van der Waals surface area contributed by atoms with E-state index in [4.69, 9.17) is 9.94 Å². The summed E-state index contributed by atoms with van der Waals surface area (Å²) in [6, 6.07) is 0.245. The third-order valence-electron chi connectivity index (χ3n) is 1.77. The van der Waals surface area contributed by atoms with Crippen LogP contribution in [0, 0.1) is 0 Å². The number of rotatable bonds is 2. The van der Waals surface area contributed by atoms with Gasteiger partial charge in [0.15, 0.2) is 0 Å². The van der Waals surface area contributed by atoms with E-state index in [1.54, 1.807) is 7.11 Å². The molecule has 3 heteroatoms. The SMILES string of the molecule is CON1CCCC1CO. The molecule has 1 fully saturated rings. The van der Waals surface area contributed by atoms with Crippen molar-refractivity contribution < 1.29 is 9.94 Å². The Morgan fingerprint density at radius 1 is 1.78 bits per heavy atom. The molecule has 1 atom stereocenters. The largest absolute Gasteiger partial charge is 0.395 e. The number of nitrogens with zero attached hydrogens (tertiary/aromatic N) is 1. The zero-order valence-corrected chi connectivity index (χ0v) is 5.71. The fraction of sp³-hybridized carbons (Fsp3) is 1.00. The first-order valence-corrected chi connectivity index (χ1v) is 3.30. The molecule has 1 rings (SSSR count). The molecule has 9 heavy (non-hydrogen) atoms. The number of hydrogen-bond donors (Lipinski definition) is 1. The average Bonchev–Trinajstić information content (AvgIpc) is 2.33. The monoisotopic (exact) mass is 131 g/mol. The molecule has 1 saturated heterocycles. The van der Waals surface area contributed by atoms with Gasteiger partial charge in [-0.2, -0.15) is 5.06 Å². The topological polar surface area (TPSA) is 32.7 Å². The van der Waals surface area contributed by atoms with Crippen LogP contribution in [0.4, 0.5) is 0 Å². The lowest BCUT2D eigenvalue weighted by atomic mass is 10.2. The molecule has 1 aliphatic rings. The minimum Gasteiger partial charge on any atom is -0.395 e. The maximum absolute atomic E-state index is 8.75. The Hall–Kier alpha value is -0.120. The highest BCUT2D eigenvalue weighted by atomic mass is 16.7. The third-order valence-corrected chi connectivity index (χ3v) is 1.77. The molecule has 1 N–H and O–H groups in total. The van der Waals surface area contributed by atoms with Gasteiger partial charge in [0.1, 0.15) is 0 Å². The first-order chi connectivity index (χ1) is 4.38. The van der Waals surface area contributed by atoms with Crippen LogP contribution >= 0.6 is 0 Å². The summed E-state index contributed by atoms with van der Waals surface area (Å²) in [5.74, 6) is 0. The number of aliphatic hydroxyl groups excluding tert-OH is 1. The smallest absolute Gasteiger partial charge is 0.0610 e. The van der Waals surface area contributed by atoms with Gasteiger partial charge in [0, 0.05) is 6.54 Å². The van der Waals surface area contributed by atoms with Crippen LogP contribution in [0.15, 0.2) is 0 Å². The van der Waals surface area contributed by atoms with Gasteiger partial charge in [0.2, 0.25) is 0 Å². The second-order valence-electron chi connectivity index (χ2n) is 2.30. The zero-order valence-electron chi connectivity index (χ0n) is 5.71.